The van der Waals surface area contributed by atoms with Gasteiger partial charge < -0.3 is 27.9 Å². The van der Waals surface area contributed by atoms with Crippen LogP contribution in [0.1, 0.15) is 87.3 Å². The number of rotatable bonds is 8. The highest BCUT2D eigenvalue weighted by atomic mass is 35.5. The molecule has 7 rings (SSSR count). The van der Waals surface area contributed by atoms with Gasteiger partial charge in [-0.15, -0.1) is 0 Å². The average Bonchev–Trinajstić information content (AvgIpc) is 3.86. The van der Waals surface area contributed by atoms with Gasteiger partial charge in [-0.25, -0.2) is 4.79 Å². The normalized spacial score (nSPS) is 23.6. The summed E-state index contributed by atoms with van der Waals surface area (Å²) in [6.45, 7) is 16.5. The minimum absolute atomic E-state index is 0.0269. The minimum Gasteiger partial charge on any atom is -0.443 e. The molecule has 1 saturated carbocycles. The maximum absolute atomic E-state index is 13.8. The molecule has 12 heteroatoms. The number of ether oxygens (including phenoxy) is 4. The molecule has 2 saturated heterocycles. The highest BCUT2D eigenvalue weighted by Crippen LogP contribution is 2.46. The van der Waals surface area contributed by atoms with E-state index in [9.17, 15) is 4.79 Å². The van der Waals surface area contributed by atoms with Crippen LogP contribution in [0.4, 0.5) is 10.6 Å². The molecule has 2 aromatic heterocycles. The fraction of sp³-hybridized carbons (Fsp3) is 0.525. The second-order valence-electron chi connectivity index (χ2n) is 16.7. The molecule has 52 heavy (non-hydrogen) atoms. The summed E-state index contributed by atoms with van der Waals surface area (Å²) in [5.41, 5.74) is -0.145. The van der Waals surface area contributed by atoms with E-state index in [4.69, 9.17) is 40.0 Å². The number of fused-ring (bicyclic) bond motifs is 2. The van der Waals surface area contributed by atoms with Crippen LogP contribution >= 0.6 is 11.6 Å². The maximum Gasteiger partial charge on any atom is 0.416 e. The molecule has 2 aromatic carbocycles. The Labute approximate surface area is 312 Å². The van der Waals surface area contributed by atoms with E-state index in [0.29, 0.717) is 23.5 Å². The zero-order valence-corrected chi connectivity index (χ0v) is 33.2. The van der Waals surface area contributed by atoms with E-state index in [1.54, 1.807) is 4.90 Å². The highest BCUT2D eigenvalue weighted by Gasteiger charge is 2.58. The van der Waals surface area contributed by atoms with E-state index in [1.165, 1.54) is 10.4 Å². The van der Waals surface area contributed by atoms with E-state index in [1.807, 2.05) is 63.6 Å². The first-order valence-electron chi connectivity index (χ1n) is 18.4. The first-order chi connectivity index (χ1) is 24.6. The lowest BCUT2D eigenvalue weighted by molar-refractivity contribution is -0.199. The summed E-state index contributed by atoms with van der Waals surface area (Å²) in [5, 5.41) is 2.87. The van der Waals surface area contributed by atoms with Gasteiger partial charge in [0.1, 0.15) is 29.6 Å². The van der Waals surface area contributed by atoms with Crippen LogP contribution in [-0.4, -0.2) is 71.3 Å². The average molecular weight is 747 g/mol. The fourth-order valence-electron chi connectivity index (χ4n) is 8.25. The van der Waals surface area contributed by atoms with Crippen molar-refractivity contribution in [1.82, 2.24) is 14.5 Å². The predicted octanol–water partition coefficient (Wildman–Crippen LogP) is 7.76. The van der Waals surface area contributed by atoms with Crippen LogP contribution in [0.5, 0.6) is 0 Å². The van der Waals surface area contributed by atoms with Crippen LogP contribution in [0.3, 0.4) is 0 Å². The van der Waals surface area contributed by atoms with Crippen LogP contribution in [0.15, 0.2) is 72.9 Å². The van der Waals surface area contributed by atoms with Crippen molar-refractivity contribution in [2.45, 2.75) is 128 Å². The Bertz CT molecular complexity index is 1850. The van der Waals surface area contributed by atoms with Gasteiger partial charge >= 0.3 is 6.09 Å². The van der Waals surface area contributed by atoms with Gasteiger partial charge in [0.15, 0.2) is 17.8 Å². The number of benzene rings is 2. The standard InChI is InChI=1S/C40H51ClN4O6Si/c1-38(2,3)51-37(46)45(26-17-15-16-18-26)34-29-23-24-44(33(29)42-36(41)43-34)35-32-31(49-40(7,8)50-32)30(48-35)25-47-52(39(4,5)6,27-19-11-9-12-20-27)28-21-13-10-14-22-28/h9-14,19-24,26,30-32,35H,15-18,25H2,1-8H3/t30-,31-,32-,35-/m1/s1. The smallest absolute Gasteiger partial charge is 0.416 e. The molecule has 3 fully saturated rings. The Morgan fingerprint density at radius 2 is 1.52 bits per heavy atom. The third-order valence-electron chi connectivity index (χ3n) is 10.3. The van der Waals surface area contributed by atoms with E-state index in [0.717, 1.165) is 25.7 Å². The molecule has 0 spiro atoms. The van der Waals surface area contributed by atoms with Crippen molar-refractivity contribution in [3.8, 4) is 0 Å². The number of halogens is 1. The molecule has 2 aliphatic heterocycles. The van der Waals surface area contributed by atoms with Crippen molar-refractivity contribution in [3.05, 3.63) is 78.2 Å². The fourth-order valence-corrected chi connectivity index (χ4v) is 13.0. The Hall–Kier alpha value is -3.32. The van der Waals surface area contributed by atoms with Crippen molar-refractivity contribution in [1.29, 1.82) is 0 Å². The quantitative estimate of drug-likeness (QED) is 0.133. The summed E-state index contributed by atoms with van der Waals surface area (Å²) in [5.74, 6) is -0.413. The number of aromatic nitrogens is 3. The van der Waals surface area contributed by atoms with Gasteiger partial charge in [0.2, 0.25) is 5.28 Å². The van der Waals surface area contributed by atoms with Gasteiger partial charge in [-0.2, -0.15) is 9.97 Å². The number of nitrogens with zero attached hydrogens (tertiary/aromatic N) is 4. The monoisotopic (exact) mass is 746 g/mol. The summed E-state index contributed by atoms with van der Waals surface area (Å²) in [6.07, 6.45) is 3.27. The largest absolute Gasteiger partial charge is 0.443 e. The summed E-state index contributed by atoms with van der Waals surface area (Å²) in [6, 6.07) is 23.0. The highest BCUT2D eigenvalue weighted by molar-refractivity contribution is 6.99. The molecule has 10 nitrogen and oxygen atoms in total. The van der Waals surface area contributed by atoms with Gasteiger partial charge in [0, 0.05) is 12.2 Å². The molecule has 1 aliphatic carbocycles. The van der Waals surface area contributed by atoms with E-state index in [-0.39, 0.29) is 16.4 Å². The lowest BCUT2D eigenvalue weighted by Crippen LogP contribution is -2.67. The number of carbonyl (C=O) groups excluding carboxylic acids is 1. The van der Waals surface area contributed by atoms with Gasteiger partial charge in [0.05, 0.1) is 12.0 Å². The first-order valence-corrected chi connectivity index (χ1v) is 20.7. The van der Waals surface area contributed by atoms with Crippen molar-refractivity contribution in [2.75, 3.05) is 11.5 Å². The summed E-state index contributed by atoms with van der Waals surface area (Å²) in [4.78, 5) is 24.8. The second-order valence-corrected chi connectivity index (χ2v) is 21.3. The zero-order valence-electron chi connectivity index (χ0n) is 31.5. The van der Waals surface area contributed by atoms with Gasteiger partial charge in [0.25, 0.3) is 8.32 Å². The number of amides is 1. The topological polar surface area (TPSA) is 97.2 Å². The molecular formula is C40H51ClN4O6Si. The summed E-state index contributed by atoms with van der Waals surface area (Å²) < 4.78 is 35.2. The minimum atomic E-state index is -2.87. The Kier molecular flexibility index (Phi) is 9.84. The van der Waals surface area contributed by atoms with Crippen molar-refractivity contribution < 1.29 is 28.2 Å². The molecule has 3 aliphatic rings. The molecule has 0 bridgehead atoms. The van der Waals surface area contributed by atoms with Gasteiger partial charge in [-0.1, -0.05) is 94.3 Å². The van der Waals surface area contributed by atoms with Crippen LogP contribution in [0.25, 0.3) is 11.0 Å². The molecule has 4 heterocycles. The molecule has 4 atom stereocenters. The van der Waals surface area contributed by atoms with Gasteiger partial charge in [-0.3, -0.25) is 4.90 Å². The Balaban J connectivity index is 1.26. The molecular weight excluding hydrogens is 696 g/mol. The van der Waals surface area contributed by atoms with E-state index >= 15 is 0 Å². The molecule has 278 valence electrons. The number of carbonyl (C=O) groups is 1. The number of anilines is 1. The molecule has 1 amide bonds. The lowest BCUT2D eigenvalue weighted by atomic mass is 10.1. The van der Waals surface area contributed by atoms with Crippen LogP contribution < -0.4 is 15.3 Å². The summed E-state index contributed by atoms with van der Waals surface area (Å²) in [7, 11) is -2.87. The molecule has 0 N–H and O–H groups in total. The third-order valence-corrected chi connectivity index (χ3v) is 15.5. The van der Waals surface area contributed by atoms with E-state index in [2.05, 4.69) is 74.3 Å². The summed E-state index contributed by atoms with van der Waals surface area (Å²) >= 11 is 6.67. The van der Waals surface area contributed by atoms with Crippen LogP contribution in [0, 0.1) is 0 Å². The van der Waals surface area contributed by atoms with Crippen molar-refractivity contribution in [2.24, 2.45) is 0 Å². The molecule has 0 unspecified atom stereocenters. The SMILES string of the molecule is CC(C)(C)OC(=O)N(c1nc(Cl)nc2c1ccn2[C@@H]1O[C@H](CO[Si](c2ccccc2)(c2ccccc2)C(C)(C)C)[C@H]2OC(C)(C)O[C@H]21)C1CCCC1. The van der Waals surface area contributed by atoms with Crippen LogP contribution in [-0.2, 0) is 23.4 Å². The van der Waals surface area contributed by atoms with Gasteiger partial charge in [-0.05, 0) is 80.5 Å². The Morgan fingerprint density at radius 3 is 2.10 bits per heavy atom. The second kappa shape index (κ2) is 13.8. The molecule has 0 radical (unpaired) electrons. The molecule has 4 aromatic rings. The Morgan fingerprint density at radius 1 is 0.923 bits per heavy atom. The predicted molar refractivity (Wildman–Crippen MR) is 205 cm³/mol. The first kappa shape index (κ1) is 37.0. The number of hydrogen-bond donors (Lipinski definition) is 0. The lowest BCUT2D eigenvalue weighted by Gasteiger charge is -2.43. The maximum atomic E-state index is 13.8. The number of hydrogen-bond acceptors (Lipinski definition) is 8. The van der Waals surface area contributed by atoms with E-state index < -0.39 is 50.3 Å². The van der Waals surface area contributed by atoms with Crippen molar-refractivity contribution >= 4 is 53.2 Å². The van der Waals surface area contributed by atoms with Crippen molar-refractivity contribution in [3.63, 3.8) is 0 Å². The third kappa shape index (κ3) is 6.91. The zero-order chi connectivity index (χ0) is 37.1. The van der Waals surface area contributed by atoms with Crippen LogP contribution in [0.2, 0.25) is 10.3 Å².